The van der Waals surface area contributed by atoms with Gasteiger partial charge < -0.3 is 25.4 Å². The summed E-state index contributed by atoms with van der Waals surface area (Å²) in [7, 11) is 1.71. The van der Waals surface area contributed by atoms with Crippen molar-refractivity contribution in [1.29, 1.82) is 0 Å². The van der Waals surface area contributed by atoms with Gasteiger partial charge in [-0.2, -0.15) is 0 Å². The quantitative estimate of drug-likeness (QED) is 0.463. The van der Waals surface area contributed by atoms with Crippen molar-refractivity contribution in [1.82, 2.24) is 20.9 Å². The molecule has 0 bridgehead atoms. The summed E-state index contributed by atoms with van der Waals surface area (Å²) >= 11 is 0. The van der Waals surface area contributed by atoms with Crippen molar-refractivity contribution in [2.24, 2.45) is 4.99 Å². The molecule has 0 saturated heterocycles. The zero-order valence-corrected chi connectivity index (χ0v) is 19.2. The van der Waals surface area contributed by atoms with E-state index in [-0.39, 0.29) is 6.10 Å². The van der Waals surface area contributed by atoms with E-state index in [9.17, 15) is 4.79 Å². The number of nitrogens with one attached hydrogen (secondary N) is 3. The smallest absolute Gasteiger partial charge is 0.408 e. The third-order valence-electron chi connectivity index (χ3n) is 4.61. The highest BCUT2D eigenvalue weighted by molar-refractivity contribution is 5.79. The Hall–Kier alpha value is -2.51. The Morgan fingerprint density at radius 3 is 2.53 bits per heavy atom. The van der Waals surface area contributed by atoms with Gasteiger partial charge in [-0.1, -0.05) is 0 Å². The Morgan fingerprint density at radius 1 is 1.20 bits per heavy atom. The van der Waals surface area contributed by atoms with Crippen molar-refractivity contribution in [3.63, 3.8) is 0 Å². The van der Waals surface area contributed by atoms with Crippen LogP contribution >= 0.6 is 0 Å². The van der Waals surface area contributed by atoms with E-state index in [1.807, 2.05) is 46.8 Å². The van der Waals surface area contributed by atoms with Crippen LogP contribution < -0.4 is 20.7 Å². The SMILES string of the molecule is CN=C(NCc1ccnc(OC2CCCC2)c1)NCC(C)(C)NC(=O)OC(C)(C)C. The molecule has 8 nitrogen and oxygen atoms in total. The van der Waals surface area contributed by atoms with Crippen molar-refractivity contribution in [3.05, 3.63) is 23.9 Å². The number of pyridine rings is 1. The number of carbonyl (C=O) groups is 1. The maximum absolute atomic E-state index is 12.0. The number of alkyl carbamates (subject to hydrolysis) is 1. The third kappa shape index (κ3) is 8.88. The largest absolute Gasteiger partial charge is 0.474 e. The highest BCUT2D eigenvalue weighted by atomic mass is 16.6. The van der Waals surface area contributed by atoms with Crippen molar-refractivity contribution in [3.8, 4) is 5.88 Å². The summed E-state index contributed by atoms with van der Waals surface area (Å²) in [5.74, 6) is 1.32. The molecular formula is C22H37N5O3. The van der Waals surface area contributed by atoms with Crippen LogP contribution in [0.5, 0.6) is 5.88 Å². The zero-order valence-electron chi connectivity index (χ0n) is 19.2. The average Bonchev–Trinajstić information content (AvgIpc) is 3.13. The van der Waals surface area contributed by atoms with Gasteiger partial charge in [0.05, 0.1) is 5.54 Å². The number of rotatable bonds is 7. The molecule has 1 aliphatic carbocycles. The molecule has 1 saturated carbocycles. The summed E-state index contributed by atoms with van der Waals surface area (Å²) in [4.78, 5) is 20.6. The number of guanidine groups is 1. The van der Waals surface area contributed by atoms with E-state index in [4.69, 9.17) is 9.47 Å². The third-order valence-corrected chi connectivity index (χ3v) is 4.61. The molecular weight excluding hydrogens is 382 g/mol. The second-order valence-electron chi connectivity index (χ2n) is 9.32. The van der Waals surface area contributed by atoms with Gasteiger partial charge in [0.1, 0.15) is 11.7 Å². The molecule has 1 aromatic heterocycles. The molecule has 0 atom stereocenters. The second kappa shape index (κ2) is 10.5. The highest BCUT2D eigenvalue weighted by Crippen LogP contribution is 2.23. The molecule has 0 aromatic carbocycles. The molecule has 1 heterocycles. The van der Waals surface area contributed by atoms with Gasteiger partial charge in [0.15, 0.2) is 5.96 Å². The lowest BCUT2D eigenvalue weighted by atomic mass is 10.1. The molecule has 0 unspecified atom stereocenters. The van der Waals surface area contributed by atoms with Crippen molar-refractivity contribution in [2.75, 3.05) is 13.6 Å². The predicted octanol–water partition coefficient (Wildman–Crippen LogP) is 3.37. The van der Waals surface area contributed by atoms with Crippen LogP contribution in [0.2, 0.25) is 0 Å². The first-order chi connectivity index (χ1) is 14.1. The Bertz CT molecular complexity index is 722. The van der Waals surface area contributed by atoms with Gasteiger partial charge >= 0.3 is 6.09 Å². The molecule has 1 aliphatic rings. The average molecular weight is 420 g/mol. The number of ether oxygens (including phenoxy) is 2. The van der Waals surface area contributed by atoms with Gasteiger partial charge in [-0.3, -0.25) is 4.99 Å². The first-order valence-corrected chi connectivity index (χ1v) is 10.6. The number of aromatic nitrogens is 1. The maximum atomic E-state index is 12.0. The molecule has 2 rings (SSSR count). The minimum Gasteiger partial charge on any atom is -0.474 e. The molecule has 1 fully saturated rings. The summed E-state index contributed by atoms with van der Waals surface area (Å²) in [6, 6.07) is 3.92. The fraction of sp³-hybridized carbons (Fsp3) is 0.682. The molecule has 1 aromatic rings. The topological polar surface area (TPSA) is 96.9 Å². The molecule has 0 aliphatic heterocycles. The summed E-state index contributed by atoms with van der Waals surface area (Å²) < 4.78 is 11.3. The number of hydrogen-bond donors (Lipinski definition) is 3. The van der Waals surface area contributed by atoms with E-state index in [1.165, 1.54) is 12.8 Å². The number of hydrogen-bond acceptors (Lipinski definition) is 5. The lowest BCUT2D eigenvalue weighted by Gasteiger charge is -2.29. The van der Waals surface area contributed by atoms with Crippen molar-refractivity contribution in [2.45, 2.75) is 84.1 Å². The molecule has 0 spiro atoms. The lowest BCUT2D eigenvalue weighted by Crippen LogP contribution is -2.54. The first kappa shape index (κ1) is 23.8. The van der Waals surface area contributed by atoms with Crippen LogP contribution in [0.1, 0.15) is 65.9 Å². The Kier molecular flexibility index (Phi) is 8.32. The van der Waals surface area contributed by atoms with Crippen LogP contribution in [0.4, 0.5) is 4.79 Å². The van der Waals surface area contributed by atoms with Crippen LogP contribution in [0, 0.1) is 0 Å². The fourth-order valence-corrected chi connectivity index (χ4v) is 3.14. The molecule has 8 heteroatoms. The van der Waals surface area contributed by atoms with Gasteiger partial charge in [0.25, 0.3) is 0 Å². The molecule has 30 heavy (non-hydrogen) atoms. The maximum Gasteiger partial charge on any atom is 0.408 e. The Balaban J connectivity index is 1.81. The van der Waals surface area contributed by atoms with E-state index in [0.29, 0.717) is 24.9 Å². The number of aliphatic imine (C=N–C) groups is 1. The summed E-state index contributed by atoms with van der Waals surface area (Å²) in [6.07, 6.45) is 6.28. The van der Waals surface area contributed by atoms with Crippen molar-refractivity contribution >= 4 is 12.1 Å². The zero-order chi connectivity index (χ0) is 22.2. The van der Waals surface area contributed by atoms with E-state index in [0.717, 1.165) is 18.4 Å². The first-order valence-electron chi connectivity index (χ1n) is 10.6. The van der Waals surface area contributed by atoms with Crippen LogP contribution in [0.25, 0.3) is 0 Å². The monoisotopic (exact) mass is 419 g/mol. The van der Waals surface area contributed by atoms with E-state index in [2.05, 4.69) is 25.9 Å². The highest BCUT2D eigenvalue weighted by Gasteiger charge is 2.24. The van der Waals surface area contributed by atoms with Gasteiger partial charge in [-0.05, 0) is 71.9 Å². The van der Waals surface area contributed by atoms with Gasteiger partial charge in [0.2, 0.25) is 5.88 Å². The summed E-state index contributed by atoms with van der Waals surface area (Å²) in [5.41, 5.74) is 0.0155. The van der Waals surface area contributed by atoms with E-state index >= 15 is 0 Å². The summed E-state index contributed by atoms with van der Waals surface area (Å²) in [6.45, 7) is 10.4. The van der Waals surface area contributed by atoms with E-state index in [1.54, 1.807) is 13.2 Å². The molecule has 0 radical (unpaired) electrons. The minimum absolute atomic E-state index is 0.287. The van der Waals surface area contributed by atoms with Crippen LogP contribution in [0.3, 0.4) is 0 Å². The van der Waals surface area contributed by atoms with Crippen LogP contribution in [0.15, 0.2) is 23.3 Å². The van der Waals surface area contributed by atoms with Gasteiger partial charge in [0, 0.05) is 32.4 Å². The van der Waals surface area contributed by atoms with E-state index < -0.39 is 17.2 Å². The second-order valence-corrected chi connectivity index (χ2v) is 9.32. The molecule has 3 N–H and O–H groups in total. The molecule has 168 valence electrons. The number of carbonyl (C=O) groups excluding carboxylic acids is 1. The van der Waals surface area contributed by atoms with Gasteiger partial charge in [-0.15, -0.1) is 0 Å². The normalized spacial score (nSPS) is 15.6. The standard InChI is InChI=1S/C22H37N5O3/c1-21(2,3)30-20(28)27-22(4,5)15-26-19(23-6)25-14-16-11-12-24-18(13-16)29-17-9-7-8-10-17/h11-13,17H,7-10,14-15H2,1-6H3,(H,27,28)(H2,23,25,26). The lowest BCUT2D eigenvalue weighted by molar-refractivity contribution is 0.0474. The molecule has 1 amide bonds. The van der Waals surface area contributed by atoms with Gasteiger partial charge in [-0.25, -0.2) is 9.78 Å². The van der Waals surface area contributed by atoms with Crippen LogP contribution in [-0.4, -0.2) is 47.9 Å². The van der Waals surface area contributed by atoms with Crippen LogP contribution in [-0.2, 0) is 11.3 Å². The van der Waals surface area contributed by atoms with Crippen molar-refractivity contribution < 1.29 is 14.3 Å². The Morgan fingerprint density at radius 2 is 1.90 bits per heavy atom. The fourth-order valence-electron chi connectivity index (χ4n) is 3.14. The predicted molar refractivity (Wildman–Crippen MR) is 119 cm³/mol. The Labute approximate surface area is 180 Å². The number of amides is 1. The number of nitrogens with zero attached hydrogens (tertiary/aromatic N) is 2. The summed E-state index contributed by atoms with van der Waals surface area (Å²) in [5, 5.41) is 9.40. The minimum atomic E-state index is -0.532.